The van der Waals surface area contributed by atoms with Gasteiger partial charge in [0.05, 0.1) is 24.3 Å². The van der Waals surface area contributed by atoms with Crippen molar-refractivity contribution in [3.05, 3.63) is 35.2 Å². The van der Waals surface area contributed by atoms with E-state index < -0.39 is 5.97 Å². The van der Waals surface area contributed by atoms with Gasteiger partial charge in [0, 0.05) is 6.08 Å². The van der Waals surface area contributed by atoms with E-state index >= 15 is 0 Å². The van der Waals surface area contributed by atoms with Gasteiger partial charge in [-0.05, 0) is 43.0 Å². The number of aliphatic imine (C=N–C) groups is 1. The summed E-state index contributed by atoms with van der Waals surface area (Å²) in [7, 11) is 1.26. The molecule has 1 aromatic carbocycles. The van der Waals surface area contributed by atoms with Crippen LogP contribution in [-0.2, 0) is 14.3 Å². The Bertz CT molecular complexity index is 608. The van der Waals surface area contributed by atoms with Crippen LogP contribution in [0.25, 0.3) is 0 Å². The van der Waals surface area contributed by atoms with Gasteiger partial charge in [0.2, 0.25) is 0 Å². The summed E-state index contributed by atoms with van der Waals surface area (Å²) < 4.78 is 9.82. The maximum absolute atomic E-state index is 11.7. The number of amidine groups is 1. The van der Waals surface area contributed by atoms with E-state index in [-0.39, 0.29) is 10.8 Å². The number of benzene rings is 1. The minimum Gasteiger partial charge on any atom is -0.494 e. The summed E-state index contributed by atoms with van der Waals surface area (Å²) in [6, 6.07) is 7.17. The largest absolute Gasteiger partial charge is 0.494 e. The number of hydrogen-bond acceptors (Lipinski definition) is 6. The van der Waals surface area contributed by atoms with E-state index in [1.54, 1.807) is 24.3 Å². The van der Waals surface area contributed by atoms with E-state index in [2.05, 4.69) is 15.0 Å². The maximum atomic E-state index is 11.7. The maximum Gasteiger partial charge on any atom is 0.331 e. The summed E-state index contributed by atoms with van der Waals surface area (Å²) in [6.07, 6.45) is 1.14. The molecule has 7 heteroatoms. The Morgan fingerprint density at radius 2 is 2.10 bits per heavy atom. The van der Waals surface area contributed by atoms with E-state index in [9.17, 15) is 9.59 Å². The zero-order valence-electron chi connectivity index (χ0n) is 11.6. The molecule has 1 aromatic rings. The van der Waals surface area contributed by atoms with Crippen molar-refractivity contribution in [2.75, 3.05) is 13.7 Å². The first-order valence-corrected chi connectivity index (χ1v) is 7.04. The van der Waals surface area contributed by atoms with Crippen molar-refractivity contribution in [2.45, 2.75) is 6.92 Å². The van der Waals surface area contributed by atoms with Gasteiger partial charge in [0.1, 0.15) is 5.75 Å². The monoisotopic (exact) mass is 306 g/mol. The molecule has 0 aromatic heterocycles. The summed E-state index contributed by atoms with van der Waals surface area (Å²) in [5.41, 5.74) is 0.681. The summed E-state index contributed by atoms with van der Waals surface area (Å²) in [5.74, 6) is -0.180. The van der Waals surface area contributed by atoms with Crippen LogP contribution in [-0.4, -0.2) is 30.8 Å². The number of ether oxygens (including phenoxy) is 2. The van der Waals surface area contributed by atoms with Gasteiger partial charge in [-0.15, -0.1) is 0 Å². The van der Waals surface area contributed by atoms with Crippen LogP contribution in [0.15, 0.2) is 40.2 Å². The van der Waals surface area contributed by atoms with Gasteiger partial charge in [-0.25, -0.2) is 9.79 Å². The second-order valence-electron chi connectivity index (χ2n) is 3.93. The van der Waals surface area contributed by atoms with Gasteiger partial charge in [-0.2, -0.15) is 0 Å². The SMILES string of the molecule is CCOc1ccc(N=C2NC(=O)/C(=C/C(=O)OC)S2)cc1. The average molecular weight is 306 g/mol. The van der Waals surface area contributed by atoms with Crippen LogP contribution >= 0.6 is 11.8 Å². The lowest BCUT2D eigenvalue weighted by molar-refractivity contribution is -0.135. The number of carbonyl (C=O) groups is 2. The Balaban J connectivity index is 2.10. The number of rotatable bonds is 4. The Kier molecular flexibility index (Phi) is 4.99. The number of amides is 1. The molecule has 110 valence electrons. The van der Waals surface area contributed by atoms with Crippen molar-refractivity contribution in [3.63, 3.8) is 0 Å². The molecule has 1 heterocycles. The Morgan fingerprint density at radius 1 is 1.38 bits per heavy atom. The highest BCUT2D eigenvalue weighted by molar-refractivity contribution is 8.18. The molecule has 1 N–H and O–H groups in total. The molecule has 0 unspecified atom stereocenters. The molecule has 1 amide bonds. The van der Waals surface area contributed by atoms with E-state index in [1.807, 2.05) is 6.92 Å². The topological polar surface area (TPSA) is 77.0 Å². The molecule has 1 fully saturated rings. The normalized spacial score (nSPS) is 17.9. The minimum absolute atomic E-state index is 0.256. The highest BCUT2D eigenvalue weighted by Crippen LogP contribution is 2.26. The average Bonchev–Trinajstić information content (AvgIpc) is 2.81. The van der Waals surface area contributed by atoms with Crippen LogP contribution in [0, 0.1) is 0 Å². The molecule has 0 spiro atoms. The van der Waals surface area contributed by atoms with Crippen molar-refractivity contribution >= 4 is 34.5 Å². The summed E-state index contributed by atoms with van der Waals surface area (Å²) in [4.78, 5) is 27.3. The van der Waals surface area contributed by atoms with Gasteiger partial charge in [0.15, 0.2) is 5.17 Å². The quantitative estimate of drug-likeness (QED) is 0.680. The second-order valence-corrected chi connectivity index (χ2v) is 4.96. The number of nitrogens with zero attached hydrogens (tertiary/aromatic N) is 1. The van der Waals surface area contributed by atoms with Gasteiger partial charge in [-0.1, -0.05) is 0 Å². The molecule has 1 saturated heterocycles. The molecular weight excluding hydrogens is 292 g/mol. The molecule has 6 nitrogen and oxygen atoms in total. The number of esters is 1. The Hall–Kier alpha value is -2.28. The number of nitrogens with one attached hydrogen (secondary N) is 1. The van der Waals surface area contributed by atoms with Gasteiger partial charge in [0.25, 0.3) is 5.91 Å². The fraction of sp³-hybridized carbons (Fsp3) is 0.214. The summed E-state index contributed by atoms with van der Waals surface area (Å²) in [5, 5.41) is 3.00. The van der Waals surface area contributed by atoms with Crippen molar-refractivity contribution in [1.29, 1.82) is 0 Å². The van der Waals surface area contributed by atoms with Crippen molar-refractivity contribution in [3.8, 4) is 5.75 Å². The van der Waals surface area contributed by atoms with E-state index in [0.29, 0.717) is 17.5 Å². The lowest BCUT2D eigenvalue weighted by Gasteiger charge is -2.02. The predicted octanol–water partition coefficient (Wildman–Crippen LogP) is 1.99. The number of carbonyl (C=O) groups excluding carboxylic acids is 2. The fourth-order valence-electron chi connectivity index (χ4n) is 1.55. The molecule has 0 radical (unpaired) electrons. The van der Waals surface area contributed by atoms with Crippen molar-refractivity contribution < 1.29 is 19.1 Å². The molecule has 0 aliphatic carbocycles. The van der Waals surface area contributed by atoms with Gasteiger partial charge < -0.3 is 14.8 Å². The first-order chi connectivity index (χ1) is 10.1. The third-order valence-electron chi connectivity index (χ3n) is 2.48. The molecule has 0 bridgehead atoms. The summed E-state index contributed by atoms with van der Waals surface area (Å²) in [6.45, 7) is 2.51. The summed E-state index contributed by atoms with van der Waals surface area (Å²) >= 11 is 1.09. The molecular formula is C14H14N2O4S. The lowest BCUT2D eigenvalue weighted by Crippen LogP contribution is -2.19. The first-order valence-electron chi connectivity index (χ1n) is 6.22. The van der Waals surface area contributed by atoms with Crippen LogP contribution < -0.4 is 10.1 Å². The second kappa shape index (κ2) is 6.94. The smallest absolute Gasteiger partial charge is 0.331 e. The van der Waals surface area contributed by atoms with Crippen LogP contribution in [0.4, 0.5) is 5.69 Å². The van der Waals surface area contributed by atoms with Gasteiger partial charge >= 0.3 is 5.97 Å². The Morgan fingerprint density at radius 3 is 2.71 bits per heavy atom. The number of methoxy groups -OCH3 is 1. The first kappa shape index (κ1) is 15.1. The zero-order chi connectivity index (χ0) is 15.2. The minimum atomic E-state index is -0.574. The molecule has 21 heavy (non-hydrogen) atoms. The van der Waals surface area contributed by atoms with Crippen molar-refractivity contribution in [2.24, 2.45) is 4.99 Å². The molecule has 2 rings (SSSR count). The standard InChI is InChI=1S/C14H14N2O4S/c1-3-20-10-6-4-9(5-7-10)15-14-16-13(18)11(21-14)8-12(17)19-2/h4-8H,3H2,1-2H3,(H,15,16,18)/b11-8-. The third-order valence-corrected chi connectivity index (χ3v) is 3.39. The number of hydrogen-bond donors (Lipinski definition) is 1. The van der Waals surface area contributed by atoms with Crippen LogP contribution in [0.3, 0.4) is 0 Å². The highest BCUT2D eigenvalue weighted by Gasteiger charge is 2.24. The molecule has 1 aliphatic heterocycles. The predicted molar refractivity (Wildman–Crippen MR) is 80.5 cm³/mol. The lowest BCUT2D eigenvalue weighted by atomic mass is 10.3. The third kappa shape index (κ3) is 4.09. The van der Waals surface area contributed by atoms with Gasteiger partial charge in [-0.3, -0.25) is 4.79 Å². The molecule has 0 saturated carbocycles. The van der Waals surface area contributed by atoms with Crippen LogP contribution in [0.5, 0.6) is 5.75 Å². The van der Waals surface area contributed by atoms with E-state index in [1.165, 1.54) is 7.11 Å². The van der Waals surface area contributed by atoms with E-state index in [4.69, 9.17) is 4.74 Å². The highest BCUT2D eigenvalue weighted by atomic mass is 32.2. The van der Waals surface area contributed by atoms with Crippen molar-refractivity contribution in [1.82, 2.24) is 5.32 Å². The number of thioether (sulfide) groups is 1. The zero-order valence-corrected chi connectivity index (χ0v) is 12.4. The Labute approximate surface area is 126 Å². The molecule has 1 aliphatic rings. The van der Waals surface area contributed by atoms with Crippen LogP contribution in [0.2, 0.25) is 0 Å². The van der Waals surface area contributed by atoms with E-state index in [0.717, 1.165) is 23.6 Å². The molecule has 0 atom stereocenters. The fourth-order valence-corrected chi connectivity index (χ4v) is 2.35. The van der Waals surface area contributed by atoms with Crippen LogP contribution in [0.1, 0.15) is 6.92 Å².